The average molecular weight is 231 g/mol. The molecule has 3 heteroatoms. The molecule has 0 aliphatic carbocycles. The molecule has 16 heavy (non-hydrogen) atoms. The summed E-state index contributed by atoms with van der Waals surface area (Å²) in [7, 11) is 0. The molecular formula is C13H13NOS. The molecule has 0 fully saturated rings. The van der Waals surface area contributed by atoms with E-state index in [9.17, 15) is 0 Å². The molecule has 1 aromatic carbocycles. The molecule has 0 radical (unpaired) electrons. The first-order chi connectivity index (χ1) is 7.84. The zero-order chi connectivity index (χ0) is 11.2. The van der Waals surface area contributed by atoms with Gasteiger partial charge < -0.3 is 4.18 Å². The van der Waals surface area contributed by atoms with E-state index in [2.05, 4.69) is 36.2 Å². The number of hydrogen-bond acceptors (Lipinski definition) is 3. The van der Waals surface area contributed by atoms with Gasteiger partial charge >= 0.3 is 0 Å². The molecule has 2 aromatic rings. The molecule has 82 valence electrons. The van der Waals surface area contributed by atoms with Gasteiger partial charge in [-0.15, -0.1) is 0 Å². The van der Waals surface area contributed by atoms with Gasteiger partial charge in [0.1, 0.15) is 6.61 Å². The van der Waals surface area contributed by atoms with Crippen molar-refractivity contribution in [3.63, 3.8) is 0 Å². The number of rotatable bonds is 4. The van der Waals surface area contributed by atoms with Gasteiger partial charge in [0.15, 0.2) is 0 Å². The summed E-state index contributed by atoms with van der Waals surface area (Å²) in [6.07, 6.45) is 1.77. The smallest absolute Gasteiger partial charge is 0.104 e. The van der Waals surface area contributed by atoms with Gasteiger partial charge in [-0.3, -0.25) is 4.98 Å². The van der Waals surface area contributed by atoms with Gasteiger partial charge in [-0.25, -0.2) is 0 Å². The zero-order valence-corrected chi connectivity index (χ0v) is 9.91. The van der Waals surface area contributed by atoms with Crippen molar-refractivity contribution in [3.8, 4) is 0 Å². The minimum absolute atomic E-state index is 0.527. The van der Waals surface area contributed by atoms with Crippen molar-refractivity contribution in [3.05, 3.63) is 59.9 Å². The van der Waals surface area contributed by atoms with E-state index >= 15 is 0 Å². The van der Waals surface area contributed by atoms with E-state index < -0.39 is 0 Å². The topological polar surface area (TPSA) is 22.1 Å². The molecule has 2 rings (SSSR count). The van der Waals surface area contributed by atoms with E-state index in [0.717, 1.165) is 10.6 Å². The highest BCUT2D eigenvalue weighted by molar-refractivity contribution is 7.94. The zero-order valence-electron chi connectivity index (χ0n) is 9.09. The normalized spacial score (nSPS) is 10.3. The van der Waals surface area contributed by atoms with Crippen molar-refractivity contribution < 1.29 is 4.18 Å². The average Bonchev–Trinajstić information content (AvgIpc) is 2.33. The second-order valence-corrected chi connectivity index (χ2v) is 4.35. The Balaban J connectivity index is 1.82. The van der Waals surface area contributed by atoms with Gasteiger partial charge in [0.25, 0.3) is 0 Å². The number of pyridine rings is 1. The van der Waals surface area contributed by atoms with Gasteiger partial charge in [-0.2, -0.15) is 0 Å². The van der Waals surface area contributed by atoms with Crippen molar-refractivity contribution in [2.45, 2.75) is 18.4 Å². The number of benzene rings is 1. The molecule has 0 saturated carbocycles. The van der Waals surface area contributed by atoms with Crippen LogP contribution in [0.15, 0.2) is 53.6 Å². The van der Waals surface area contributed by atoms with Crippen LogP contribution in [0.3, 0.4) is 0 Å². The fourth-order valence-electron chi connectivity index (χ4n) is 1.24. The number of nitrogens with zero attached hydrogens (tertiary/aromatic N) is 1. The van der Waals surface area contributed by atoms with Crippen LogP contribution in [0.25, 0.3) is 0 Å². The third kappa shape index (κ3) is 3.36. The van der Waals surface area contributed by atoms with E-state index in [1.54, 1.807) is 6.20 Å². The molecule has 0 unspecified atom stereocenters. The summed E-state index contributed by atoms with van der Waals surface area (Å²) in [5, 5.41) is 0. The van der Waals surface area contributed by atoms with E-state index in [1.165, 1.54) is 17.6 Å². The largest absolute Gasteiger partial charge is 0.304 e. The lowest BCUT2D eigenvalue weighted by Crippen LogP contribution is -1.88. The van der Waals surface area contributed by atoms with Crippen molar-refractivity contribution in [1.29, 1.82) is 0 Å². The molecule has 0 spiro atoms. The Labute approximate surface area is 99.9 Å². The second kappa shape index (κ2) is 5.68. The third-order valence-electron chi connectivity index (χ3n) is 2.11. The maximum absolute atomic E-state index is 5.50. The molecule has 0 aliphatic heterocycles. The Morgan fingerprint density at radius 1 is 1.12 bits per heavy atom. The molecule has 0 aliphatic rings. The standard InChI is InChI=1S/C13H13NOS/c1-11-5-7-13(8-6-11)16-15-10-12-4-2-3-9-14-12/h2-9H,10H2,1H3. The summed E-state index contributed by atoms with van der Waals surface area (Å²) in [5.74, 6) is 0. The SMILES string of the molecule is Cc1ccc(SOCc2ccccn2)cc1. The van der Waals surface area contributed by atoms with Gasteiger partial charge in [-0.05, 0) is 31.2 Å². The lowest BCUT2D eigenvalue weighted by Gasteiger charge is -2.02. The molecule has 1 heterocycles. The molecular weight excluding hydrogens is 218 g/mol. The van der Waals surface area contributed by atoms with E-state index in [1.807, 2.05) is 18.2 Å². The first-order valence-electron chi connectivity index (χ1n) is 5.10. The summed E-state index contributed by atoms with van der Waals surface area (Å²) in [4.78, 5) is 5.30. The Hall–Kier alpha value is -1.32. The fraction of sp³-hybridized carbons (Fsp3) is 0.154. The van der Waals surface area contributed by atoms with Crippen LogP contribution in [0.4, 0.5) is 0 Å². The molecule has 2 nitrogen and oxygen atoms in total. The van der Waals surface area contributed by atoms with Crippen molar-refractivity contribution in [2.75, 3.05) is 0 Å². The maximum atomic E-state index is 5.50. The van der Waals surface area contributed by atoms with Crippen LogP contribution < -0.4 is 0 Å². The Morgan fingerprint density at radius 3 is 2.62 bits per heavy atom. The highest BCUT2D eigenvalue weighted by atomic mass is 32.2. The highest BCUT2D eigenvalue weighted by Crippen LogP contribution is 2.20. The Bertz CT molecular complexity index is 427. The first-order valence-corrected chi connectivity index (χ1v) is 5.85. The first kappa shape index (κ1) is 11.2. The molecule has 0 bridgehead atoms. The van der Waals surface area contributed by atoms with Gasteiger partial charge in [0, 0.05) is 23.1 Å². The van der Waals surface area contributed by atoms with Crippen LogP contribution in [-0.4, -0.2) is 4.98 Å². The van der Waals surface area contributed by atoms with Crippen LogP contribution in [0.5, 0.6) is 0 Å². The number of hydrogen-bond donors (Lipinski definition) is 0. The van der Waals surface area contributed by atoms with E-state index in [0.29, 0.717) is 6.61 Å². The Kier molecular flexibility index (Phi) is 3.97. The van der Waals surface area contributed by atoms with Gasteiger partial charge in [0.05, 0.1) is 5.69 Å². The summed E-state index contributed by atoms with van der Waals surface area (Å²) >= 11 is 1.38. The summed E-state index contributed by atoms with van der Waals surface area (Å²) < 4.78 is 5.50. The second-order valence-electron chi connectivity index (χ2n) is 3.48. The van der Waals surface area contributed by atoms with E-state index in [-0.39, 0.29) is 0 Å². The minimum Gasteiger partial charge on any atom is -0.304 e. The lowest BCUT2D eigenvalue weighted by molar-refractivity contribution is 0.357. The summed E-state index contributed by atoms with van der Waals surface area (Å²) in [5.41, 5.74) is 2.20. The third-order valence-corrected chi connectivity index (χ3v) is 2.81. The van der Waals surface area contributed by atoms with Gasteiger partial charge in [-0.1, -0.05) is 23.8 Å². The maximum Gasteiger partial charge on any atom is 0.104 e. The van der Waals surface area contributed by atoms with Crippen LogP contribution in [0, 0.1) is 6.92 Å². The predicted molar refractivity (Wildman–Crippen MR) is 66.1 cm³/mol. The van der Waals surface area contributed by atoms with Crippen LogP contribution >= 0.6 is 12.0 Å². The van der Waals surface area contributed by atoms with Crippen LogP contribution in [0.2, 0.25) is 0 Å². The molecule has 0 amide bonds. The minimum atomic E-state index is 0.527. The lowest BCUT2D eigenvalue weighted by atomic mass is 10.2. The van der Waals surface area contributed by atoms with Crippen molar-refractivity contribution in [2.24, 2.45) is 0 Å². The van der Waals surface area contributed by atoms with Crippen molar-refractivity contribution >= 4 is 12.0 Å². The summed E-state index contributed by atoms with van der Waals surface area (Å²) in [6, 6.07) is 14.1. The highest BCUT2D eigenvalue weighted by Gasteiger charge is 1.96. The molecule has 1 aromatic heterocycles. The number of aryl methyl sites for hydroxylation is 1. The monoisotopic (exact) mass is 231 g/mol. The molecule has 0 atom stereocenters. The quantitative estimate of drug-likeness (QED) is 0.750. The Morgan fingerprint density at radius 2 is 1.94 bits per heavy atom. The van der Waals surface area contributed by atoms with Gasteiger partial charge in [0.2, 0.25) is 0 Å². The molecule has 0 N–H and O–H groups in total. The molecule has 0 saturated heterocycles. The van der Waals surface area contributed by atoms with Crippen LogP contribution in [0.1, 0.15) is 11.3 Å². The predicted octanol–water partition coefficient (Wildman–Crippen LogP) is 3.61. The van der Waals surface area contributed by atoms with Crippen LogP contribution in [-0.2, 0) is 10.8 Å². The van der Waals surface area contributed by atoms with E-state index in [4.69, 9.17) is 4.18 Å². The summed E-state index contributed by atoms with van der Waals surface area (Å²) in [6.45, 7) is 2.60. The van der Waals surface area contributed by atoms with Crippen molar-refractivity contribution in [1.82, 2.24) is 4.98 Å². The fourth-order valence-corrected chi connectivity index (χ4v) is 1.80. The number of aromatic nitrogens is 1.